The number of hydrogen-bond acceptors (Lipinski definition) is 2. The fraction of sp³-hybridized carbons (Fsp3) is 0.800. The molecule has 0 unspecified atom stereocenters. The highest BCUT2D eigenvalue weighted by Gasteiger charge is 2.03. The normalized spacial score (nSPS) is 12.4. The Labute approximate surface area is 178 Å². The number of rotatable bonds is 1. The predicted molar refractivity (Wildman–Crippen MR) is 139 cm³/mol. The molecule has 0 atom stereocenters. The van der Waals surface area contributed by atoms with E-state index in [4.69, 9.17) is 0 Å². The quantitative estimate of drug-likeness (QED) is 0.434. The summed E-state index contributed by atoms with van der Waals surface area (Å²) in [6.07, 6.45) is 10.7. The van der Waals surface area contributed by atoms with Gasteiger partial charge in [0.1, 0.15) is 0 Å². The van der Waals surface area contributed by atoms with Gasteiger partial charge in [-0.1, -0.05) is 108 Å². The molecule has 0 spiro atoms. The highest BCUT2D eigenvalue weighted by molar-refractivity contribution is 5.82. The van der Waals surface area contributed by atoms with Gasteiger partial charge < -0.3 is 0 Å². The lowest BCUT2D eigenvalue weighted by molar-refractivity contribution is 0.393. The first-order valence-corrected chi connectivity index (χ1v) is 8.57. The molecule has 2 nitrogen and oxygen atoms in total. The number of unbranched alkanes of at least 4 members (excludes halogenated alkanes) is 1. The Balaban J connectivity index is -0.0000000298. The Morgan fingerprint density at radius 1 is 0.741 bits per heavy atom. The van der Waals surface area contributed by atoms with Crippen molar-refractivity contribution >= 4 is 5.71 Å². The summed E-state index contributed by atoms with van der Waals surface area (Å²) in [5, 5.41) is 6.11. The summed E-state index contributed by atoms with van der Waals surface area (Å²) >= 11 is 0. The van der Waals surface area contributed by atoms with Gasteiger partial charge in [0, 0.05) is 25.7 Å². The molecule has 0 aromatic carbocycles. The third-order valence-electron chi connectivity index (χ3n) is 3.20. The van der Waals surface area contributed by atoms with Crippen LogP contribution in [0.15, 0.2) is 28.4 Å². The van der Waals surface area contributed by atoms with Crippen LogP contribution in [0.3, 0.4) is 0 Å². The van der Waals surface area contributed by atoms with Crippen LogP contribution in [-0.4, -0.2) is 24.3 Å². The summed E-state index contributed by atoms with van der Waals surface area (Å²) < 4.78 is 0. The first-order chi connectivity index (χ1) is 9.99. The highest BCUT2D eigenvalue weighted by atomic mass is 15.4. The lowest BCUT2D eigenvalue weighted by atomic mass is 10.0. The Morgan fingerprint density at radius 2 is 1.07 bits per heavy atom. The van der Waals surface area contributed by atoms with Crippen molar-refractivity contribution in [2.24, 2.45) is 5.10 Å². The molecule has 172 valence electrons. The van der Waals surface area contributed by atoms with Gasteiger partial charge in [-0.3, -0.25) is 5.01 Å². The van der Waals surface area contributed by atoms with Gasteiger partial charge in [-0.15, -0.1) is 0 Å². The van der Waals surface area contributed by atoms with Crippen molar-refractivity contribution in [1.82, 2.24) is 5.01 Å². The molecule has 0 N–H and O–H groups in total. The molecule has 0 saturated heterocycles. The molecular weight excluding hydrogens is 328 g/mol. The maximum atomic E-state index is 4.14. The van der Waals surface area contributed by atoms with Crippen LogP contribution < -0.4 is 0 Å². The van der Waals surface area contributed by atoms with Crippen molar-refractivity contribution in [2.45, 2.75) is 125 Å². The zero-order valence-electron chi connectivity index (χ0n) is 15.8. The Kier molecular flexibility index (Phi) is 66.8. The molecule has 2 aliphatic rings. The van der Waals surface area contributed by atoms with E-state index in [-0.39, 0.29) is 44.6 Å². The minimum atomic E-state index is 0. The zero-order valence-corrected chi connectivity index (χ0v) is 15.8. The topological polar surface area (TPSA) is 15.6 Å². The van der Waals surface area contributed by atoms with Crippen LogP contribution in [0.5, 0.6) is 0 Å². The lowest BCUT2D eigenvalue weighted by Crippen LogP contribution is -2.04. The van der Waals surface area contributed by atoms with E-state index in [2.05, 4.69) is 51.9 Å². The average molecular weight is 391 g/mol. The lowest BCUT2D eigenvalue weighted by Gasteiger charge is -2.05. The second kappa shape index (κ2) is 36.0. The fourth-order valence-electron chi connectivity index (χ4n) is 1.56. The summed E-state index contributed by atoms with van der Waals surface area (Å²) in [6, 6.07) is 0. The van der Waals surface area contributed by atoms with Gasteiger partial charge in [0.25, 0.3) is 0 Å². The van der Waals surface area contributed by atoms with Crippen LogP contribution in [0.4, 0.5) is 0 Å². The molecule has 1 aliphatic heterocycles. The summed E-state index contributed by atoms with van der Waals surface area (Å²) in [5.74, 6) is 0. The van der Waals surface area contributed by atoms with Crippen molar-refractivity contribution in [3.63, 3.8) is 0 Å². The van der Waals surface area contributed by atoms with Gasteiger partial charge in [0.05, 0.1) is 0 Å². The van der Waals surface area contributed by atoms with E-state index in [1.165, 1.54) is 42.5 Å². The molecular formula is C25H62N2. The summed E-state index contributed by atoms with van der Waals surface area (Å²) in [6.45, 7) is 15.9. The molecule has 0 fully saturated rings. The molecule has 1 aliphatic carbocycles. The first-order valence-electron chi connectivity index (χ1n) is 8.57. The Morgan fingerprint density at radius 3 is 1.19 bits per heavy atom. The standard InChI is InChI=1S/C8H12.C5H10N2.C4H10.C2H6.6CH4/c1-7-3-5-8(2)6-4-7;1-5-3-4-7(2)6-5;1-3-4-2;1-2;;;;;;/h3,5H,4,6H2,1-2H3;3-4H2,1-2H3;3-4H2,1-2H3;1-2H3;6*1H4. The van der Waals surface area contributed by atoms with Crippen LogP contribution >= 0.6 is 0 Å². The minimum Gasteiger partial charge on any atom is -0.300 e. The summed E-state index contributed by atoms with van der Waals surface area (Å²) in [5.41, 5.74) is 4.27. The van der Waals surface area contributed by atoms with E-state index in [9.17, 15) is 0 Å². The van der Waals surface area contributed by atoms with Crippen molar-refractivity contribution in [1.29, 1.82) is 0 Å². The maximum absolute atomic E-state index is 4.14. The molecule has 2 rings (SSSR count). The number of nitrogens with zero attached hydrogens (tertiary/aromatic N) is 2. The van der Waals surface area contributed by atoms with Crippen LogP contribution in [0, 0.1) is 0 Å². The SMILES string of the molecule is C.C.C.C.C.C.CC.CC1=CC=C(C)CC1.CC1=NN(C)CC1.CCCC. The minimum absolute atomic E-state index is 0. The van der Waals surface area contributed by atoms with E-state index in [0.717, 1.165) is 13.0 Å². The molecule has 1 heterocycles. The van der Waals surface area contributed by atoms with Gasteiger partial charge in [-0.25, -0.2) is 0 Å². The van der Waals surface area contributed by atoms with Crippen LogP contribution in [-0.2, 0) is 0 Å². The van der Waals surface area contributed by atoms with E-state index in [0.29, 0.717) is 0 Å². The van der Waals surface area contributed by atoms with E-state index >= 15 is 0 Å². The average Bonchev–Trinajstić information content (AvgIpc) is 2.88. The molecule has 0 amide bonds. The smallest absolute Gasteiger partial charge is 0.0409 e. The third-order valence-corrected chi connectivity index (χ3v) is 3.20. The van der Waals surface area contributed by atoms with Crippen LogP contribution in [0.2, 0.25) is 0 Å². The molecule has 0 aromatic heterocycles. The van der Waals surface area contributed by atoms with Gasteiger partial charge in [0.2, 0.25) is 0 Å². The Bertz CT molecular complexity index is 305. The first kappa shape index (κ1) is 50.1. The van der Waals surface area contributed by atoms with Crippen molar-refractivity contribution in [3.8, 4) is 0 Å². The van der Waals surface area contributed by atoms with Crippen molar-refractivity contribution in [3.05, 3.63) is 23.3 Å². The summed E-state index contributed by atoms with van der Waals surface area (Å²) in [4.78, 5) is 0. The molecule has 2 heteroatoms. The van der Waals surface area contributed by atoms with E-state index in [1.54, 1.807) is 0 Å². The monoisotopic (exact) mass is 390 g/mol. The molecule has 0 radical (unpaired) electrons. The van der Waals surface area contributed by atoms with Gasteiger partial charge in [-0.05, 0) is 33.6 Å². The van der Waals surface area contributed by atoms with Crippen molar-refractivity contribution in [2.75, 3.05) is 13.6 Å². The largest absolute Gasteiger partial charge is 0.300 e. The number of allylic oxidation sites excluding steroid dienone is 4. The van der Waals surface area contributed by atoms with Crippen molar-refractivity contribution < 1.29 is 0 Å². The molecule has 0 saturated carbocycles. The highest BCUT2D eigenvalue weighted by Crippen LogP contribution is 2.15. The van der Waals surface area contributed by atoms with Gasteiger partial charge in [-0.2, -0.15) is 5.10 Å². The predicted octanol–water partition coefficient (Wildman–Crippen LogP) is 10.0. The molecule has 0 aromatic rings. The van der Waals surface area contributed by atoms with Crippen LogP contribution in [0.25, 0.3) is 0 Å². The third kappa shape index (κ3) is 36.6. The zero-order chi connectivity index (χ0) is 16.7. The van der Waals surface area contributed by atoms with Gasteiger partial charge >= 0.3 is 0 Å². The number of hydrazone groups is 1. The second-order valence-corrected chi connectivity index (χ2v) is 5.49. The van der Waals surface area contributed by atoms with Crippen LogP contribution in [0.1, 0.15) is 125 Å². The van der Waals surface area contributed by atoms with Gasteiger partial charge in [0.15, 0.2) is 0 Å². The van der Waals surface area contributed by atoms with E-state index in [1.807, 2.05) is 25.9 Å². The Hall–Kier alpha value is -1.05. The molecule has 0 bridgehead atoms. The second-order valence-electron chi connectivity index (χ2n) is 5.49. The maximum Gasteiger partial charge on any atom is 0.0409 e. The van der Waals surface area contributed by atoms with E-state index < -0.39 is 0 Å². The fourth-order valence-corrected chi connectivity index (χ4v) is 1.56. The molecule has 27 heavy (non-hydrogen) atoms. The summed E-state index contributed by atoms with van der Waals surface area (Å²) in [7, 11) is 2.00. The number of hydrogen-bond donors (Lipinski definition) is 0.